The molecule has 2 aromatic rings. The summed E-state index contributed by atoms with van der Waals surface area (Å²) in [6, 6.07) is 8.82. The van der Waals surface area contributed by atoms with Gasteiger partial charge < -0.3 is 9.80 Å². The quantitative estimate of drug-likeness (QED) is 0.855. The second-order valence-corrected chi connectivity index (χ2v) is 7.19. The fourth-order valence-corrected chi connectivity index (χ4v) is 4.29. The predicted molar refractivity (Wildman–Crippen MR) is 95.3 cm³/mol. The Labute approximate surface area is 148 Å². The lowest BCUT2D eigenvalue weighted by Gasteiger charge is -2.33. The molecule has 2 saturated heterocycles. The molecule has 1 aromatic carbocycles. The molecule has 0 unspecified atom stereocenters. The normalized spacial score (nSPS) is 24.1. The van der Waals surface area contributed by atoms with Crippen LogP contribution in [0.15, 0.2) is 36.9 Å². The Morgan fingerprint density at radius 3 is 2.56 bits per heavy atom. The minimum Gasteiger partial charge on any atom is -0.334 e. The van der Waals surface area contributed by atoms with Crippen LogP contribution in [0, 0.1) is 0 Å². The average molecular weight is 339 g/mol. The number of likely N-dealkylation sites (N-methyl/N-ethyl adjacent to an activating group) is 1. The SMILES string of the molecule is CN1CCC[C@H]1[C@@H]1CCCN1C(=O)c1ccc(Cn2cncn2)cc1. The number of hydrogen-bond donors (Lipinski definition) is 0. The Morgan fingerprint density at radius 1 is 1.12 bits per heavy atom. The summed E-state index contributed by atoms with van der Waals surface area (Å²) in [5.74, 6) is 0.176. The number of hydrogen-bond acceptors (Lipinski definition) is 4. The monoisotopic (exact) mass is 339 g/mol. The lowest BCUT2D eigenvalue weighted by molar-refractivity contribution is 0.0664. The maximum absolute atomic E-state index is 13.0. The Hall–Kier alpha value is -2.21. The standard InChI is InChI=1S/C19H25N5O/c1-22-10-2-4-17(22)18-5-3-11-24(18)19(25)16-8-6-15(7-9-16)12-23-14-20-13-21-23/h6-9,13-14,17-18H,2-5,10-12H2,1H3/t17-,18-/m0/s1. The molecule has 25 heavy (non-hydrogen) atoms. The first kappa shape index (κ1) is 16.3. The van der Waals surface area contributed by atoms with Crippen molar-refractivity contribution in [3.05, 3.63) is 48.0 Å². The molecule has 2 aliphatic rings. The molecule has 0 saturated carbocycles. The number of aromatic nitrogens is 3. The number of amides is 1. The summed E-state index contributed by atoms with van der Waals surface area (Å²) in [6.07, 6.45) is 7.94. The Kier molecular flexibility index (Phi) is 4.53. The molecule has 0 spiro atoms. The van der Waals surface area contributed by atoms with Gasteiger partial charge in [-0.3, -0.25) is 4.79 Å². The van der Waals surface area contributed by atoms with Gasteiger partial charge in [0.2, 0.25) is 0 Å². The fraction of sp³-hybridized carbons (Fsp3) is 0.526. The van der Waals surface area contributed by atoms with E-state index >= 15 is 0 Å². The maximum atomic E-state index is 13.0. The second-order valence-electron chi connectivity index (χ2n) is 7.19. The lowest BCUT2D eigenvalue weighted by Crippen LogP contribution is -2.47. The van der Waals surface area contributed by atoms with Crippen LogP contribution in [0.4, 0.5) is 0 Å². The molecule has 2 fully saturated rings. The van der Waals surface area contributed by atoms with Crippen molar-refractivity contribution in [3.8, 4) is 0 Å². The number of rotatable bonds is 4. The van der Waals surface area contributed by atoms with Crippen molar-refractivity contribution in [2.24, 2.45) is 0 Å². The molecule has 0 N–H and O–H groups in total. The lowest BCUT2D eigenvalue weighted by atomic mass is 10.0. The molecule has 132 valence electrons. The van der Waals surface area contributed by atoms with Crippen molar-refractivity contribution in [1.82, 2.24) is 24.6 Å². The molecule has 3 heterocycles. The zero-order chi connectivity index (χ0) is 17.2. The van der Waals surface area contributed by atoms with Crippen LogP contribution in [0.2, 0.25) is 0 Å². The molecule has 6 heteroatoms. The first-order valence-electron chi connectivity index (χ1n) is 9.15. The minimum absolute atomic E-state index is 0.176. The summed E-state index contributed by atoms with van der Waals surface area (Å²) >= 11 is 0. The van der Waals surface area contributed by atoms with Gasteiger partial charge in [-0.2, -0.15) is 5.10 Å². The highest BCUT2D eigenvalue weighted by atomic mass is 16.2. The highest BCUT2D eigenvalue weighted by Gasteiger charge is 2.38. The Balaban J connectivity index is 1.46. The third-order valence-corrected chi connectivity index (χ3v) is 5.59. The number of likely N-dealkylation sites (tertiary alicyclic amines) is 2. The molecule has 1 amide bonds. The van der Waals surface area contributed by atoms with E-state index < -0.39 is 0 Å². The van der Waals surface area contributed by atoms with Crippen LogP contribution in [-0.2, 0) is 6.54 Å². The van der Waals surface area contributed by atoms with E-state index in [1.165, 1.54) is 19.2 Å². The molecular weight excluding hydrogens is 314 g/mol. The molecular formula is C19H25N5O. The molecule has 2 atom stereocenters. The average Bonchev–Trinajstić information content (AvgIpc) is 3.36. The van der Waals surface area contributed by atoms with E-state index in [0.29, 0.717) is 18.6 Å². The molecule has 0 radical (unpaired) electrons. The van der Waals surface area contributed by atoms with Crippen LogP contribution in [0.25, 0.3) is 0 Å². The highest BCUT2D eigenvalue weighted by molar-refractivity contribution is 5.94. The van der Waals surface area contributed by atoms with Crippen LogP contribution >= 0.6 is 0 Å². The van der Waals surface area contributed by atoms with Gasteiger partial charge in [0.05, 0.1) is 6.54 Å². The van der Waals surface area contributed by atoms with Crippen molar-refractivity contribution in [3.63, 3.8) is 0 Å². The number of benzene rings is 1. The van der Waals surface area contributed by atoms with Gasteiger partial charge in [0.1, 0.15) is 12.7 Å². The van der Waals surface area contributed by atoms with Crippen LogP contribution in [0.5, 0.6) is 0 Å². The smallest absolute Gasteiger partial charge is 0.254 e. The largest absolute Gasteiger partial charge is 0.334 e. The van der Waals surface area contributed by atoms with E-state index in [-0.39, 0.29) is 5.91 Å². The fourth-order valence-electron chi connectivity index (χ4n) is 4.29. The summed E-state index contributed by atoms with van der Waals surface area (Å²) in [7, 11) is 2.19. The second kappa shape index (κ2) is 6.96. The van der Waals surface area contributed by atoms with Gasteiger partial charge in [-0.15, -0.1) is 0 Å². The van der Waals surface area contributed by atoms with Crippen LogP contribution in [-0.4, -0.2) is 62.7 Å². The third kappa shape index (κ3) is 3.31. The molecule has 0 aliphatic carbocycles. The minimum atomic E-state index is 0.176. The van der Waals surface area contributed by atoms with Gasteiger partial charge in [0, 0.05) is 24.2 Å². The molecule has 2 aliphatic heterocycles. The number of carbonyl (C=O) groups is 1. The van der Waals surface area contributed by atoms with E-state index in [4.69, 9.17) is 0 Å². The van der Waals surface area contributed by atoms with Gasteiger partial charge in [-0.25, -0.2) is 9.67 Å². The number of carbonyl (C=O) groups excluding carboxylic acids is 1. The Bertz CT molecular complexity index is 712. The van der Waals surface area contributed by atoms with Crippen molar-refractivity contribution >= 4 is 5.91 Å². The highest BCUT2D eigenvalue weighted by Crippen LogP contribution is 2.30. The van der Waals surface area contributed by atoms with Gasteiger partial charge in [-0.1, -0.05) is 12.1 Å². The number of nitrogens with zero attached hydrogens (tertiary/aromatic N) is 5. The molecule has 6 nitrogen and oxygen atoms in total. The maximum Gasteiger partial charge on any atom is 0.254 e. The predicted octanol–water partition coefficient (Wildman–Crippen LogP) is 2.03. The summed E-state index contributed by atoms with van der Waals surface area (Å²) in [5, 5.41) is 4.12. The van der Waals surface area contributed by atoms with E-state index in [0.717, 1.165) is 37.1 Å². The van der Waals surface area contributed by atoms with Gasteiger partial charge >= 0.3 is 0 Å². The van der Waals surface area contributed by atoms with Gasteiger partial charge in [0.15, 0.2) is 0 Å². The summed E-state index contributed by atoms with van der Waals surface area (Å²) in [5.41, 5.74) is 1.91. The zero-order valence-corrected chi connectivity index (χ0v) is 14.7. The topological polar surface area (TPSA) is 54.3 Å². The first-order chi connectivity index (χ1) is 12.2. The van der Waals surface area contributed by atoms with Gasteiger partial charge in [0.25, 0.3) is 5.91 Å². The summed E-state index contributed by atoms with van der Waals surface area (Å²) in [4.78, 5) is 21.5. The van der Waals surface area contributed by atoms with E-state index in [9.17, 15) is 4.79 Å². The summed E-state index contributed by atoms with van der Waals surface area (Å²) in [6.45, 7) is 2.71. The molecule has 1 aromatic heterocycles. The van der Waals surface area contributed by atoms with Crippen molar-refractivity contribution < 1.29 is 4.79 Å². The van der Waals surface area contributed by atoms with Crippen molar-refractivity contribution in [1.29, 1.82) is 0 Å². The van der Waals surface area contributed by atoms with E-state index in [1.807, 2.05) is 24.3 Å². The summed E-state index contributed by atoms with van der Waals surface area (Å²) < 4.78 is 1.78. The molecule has 0 bridgehead atoms. The van der Waals surface area contributed by atoms with Crippen molar-refractivity contribution in [2.75, 3.05) is 20.1 Å². The zero-order valence-electron chi connectivity index (χ0n) is 14.7. The van der Waals surface area contributed by atoms with E-state index in [2.05, 4.69) is 26.9 Å². The van der Waals surface area contributed by atoms with Crippen LogP contribution in [0.1, 0.15) is 41.6 Å². The third-order valence-electron chi connectivity index (χ3n) is 5.59. The van der Waals surface area contributed by atoms with Crippen molar-refractivity contribution in [2.45, 2.75) is 44.3 Å². The molecule has 4 rings (SSSR count). The Morgan fingerprint density at radius 2 is 1.88 bits per heavy atom. The van der Waals surface area contributed by atoms with Crippen LogP contribution < -0.4 is 0 Å². The van der Waals surface area contributed by atoms with E-state index in [1.54, 1.807) is 11.0 Å². The first-order valence-corrected chi connectivity index (χ1v) is 9.15. The van der Waals surface area contributed by atoms with Crippen LogP contribution in [0.3, 0.4) is 0 Å². The van der Waals surface area contributed by atoms with Gasteiger partial charge in [-0.05, 0) is 57.0 Å².